The van der Waals surface area contributed by atoms with Crippen LogP contribution in [-0.4, -0.2) is 58.7 Å². The summed E-state index contributed by atoms with van der Waals surface area (Å²) in [6, 6.07) is -1.05. The molecule has 0 unspecified atom stereocenters. The molecular formula is C16H31NO5Si. The third-order valence-electron chi connectivity index (χ3n) is 5.29. The molecule has 0 aliphatic carbocycles. The molecule has 1 aliphatic heterocycles. The van der Waals surface area contributed by atoms with Gasteiger partial charge in [0, 0.05) is 6.42 Å². The van der Waals surface area contributed by atoms with Crippen LogP contribution < -0.4 is 0 Å². The normalized spacial score (nSPS) is 26.3. The van der Waals surface area contributed by atoms with Crippen LogP contribution in [0.4, 0.5) is 4.79 Å². The summed E-state index contributed by atoms with van der Waals surface area (Å²) in [6.45, 7) is 15.5. The Morgan fingerprint density at radius 3 is 2.00 bits per heavy atom. The minimum Gasteiger partial charge on any atom is -0.480 e. The Morgan fingerprint density at radius 2 is 1.65 bits per heavy atom. The molecule has 1 amide bonds. The van der Waals surface area contributed by atoms with Gasteiger partial charge in [-0.1, -0.05) is 33.9 Å². The van der Waals surface area contributed by atoms with E-state index in [0.29, 0.717) is 0 Å². The van der Waals surface area contributed by atoms with Gasteiger partial charge in [-0.15, -0.1) is 0 Å². The summed E-state index contributed by atoms with van der Waals surface area (Å²) in [5, 5.41) is 19.4. The molecule has 1 heterocycles. The van der Waals surface area contributed by atoms with Gasteiger partial charge < -0.3 is 14.9 Å². The van der Waals surface area contributed by atoms with Crippen LogP contribution in [0.1, 0.15) is 48.0 Å². The largest absolute Gasteiger partial charge is 0.480 e. The molecule has 0 spiro atoms. The first-order valence-corrected chi connectivity index (χ1v) is 11.0. The first-order valence-electron chi connectivity index (χ1n) is 7.97. The summed E-state index contributed by atoms with van der Waals surface area (Å²) >= 11 is 0. The number of hydrogen-bond acceptors (Lipinski definition) is 4. The van der Waals surface area contributed by atoms with Gasteiger partial charge in [0.1, 0.15) is 11.6 Å². The van der Waals surface area contributed by atoms with Crippen LogP contribution in [0.25, 0.3) is 0 Å². The number of likely N-dealkylation sites (tertiary alicyclic amines) is 1. The Kier molecular flexibility index (Phi) is 5.01. The van der Waals surface area contributed by atoms with E-state index in [4.69, 9.17) is 4.74 Å². The summed E-state index contributed by atoms with van der Waals surface area (Å²) < 4.78 is 5.32. The van der Waals surface area contributed by atoms with Crippen molar-refractivity contribution < 1.29 is 24.5 Å². The molecule has 2 atom stereocenters. The third-order valence-corrected chi connectivity index (χ3v) is 11.7. The van der Waals surface area contributed by atoms with Gasteiger partial charge in [0.05, 0.1) is 19.8 Å². The average molecular weight is 346 g/mol. The third kappa shape index (κ3) is 3.88. The van der Waals surface area contributed by atoms with Crippen LogP contribution in [0.2, 0.25) is 18.1 Å². The first kappa shape index (κ1) is 20.0. The molecule has 0 aromatic heterocycles. The lowest BCUT2D eigenvalue weighted by Gasteiger charge is -2.47. The van der Waals surface area contributed by atoms with E-state index in [2.05, 4.69) is 20.8 Å². The quantitative estimate of drug-likeness (QED) is 0.752. The number of nitrogens with zero attached hydrogens (tertiary/aromatic N) is 1. The fraction of sp³-hybridized carbons (Fsp3) is 0.875. The van der Waals surface area contributed by atoms with E-state index in [1.807, 2.05) is 13.1 Å². The van der Waals surface area contributed by atoms with Crippen molar-refractivity contribution in [2.24, 2.45) is 0 Å². The molecule has 0 bridgehead atoms. The van der Waals surface area contributed by atoms with Gasteiger partial charge in [-0.05, 0) is 25.8 Å². The van der Waals surface area contributed by atoms with Crippen molar-refractivity contribution in [3.63, 3.8) is 0 Å². The van der Waals surface area contributed by atoms with Crippen molar-refractivity contribution in [2.45, 2.75) is 83.0 Å². The van der Waals surface area contributed by atoms with E-state index in [0.717, 1.165) is 0 Å². The van der Waals surface area contributed by atoms with Crippen LogP contribution >= 0.6 is 0 Å². The number of carbonyl (C=O) groups is 2. The molecule has 1 rings (SSSR count). The van der Waals surface area contributed by atoms with Crippen LogP contribution in [0, 0.1) is 0 Å². The van der Waals surface area contributed by atoms with Gasteiger partial charge in [-0.2, -0.15) is 0 Å². The van der Waals surface area contributed by atoms with Gasteiger partial charge in [0.2, 0.25) is 0 Å². The number of carbonyl (C=O) groups excluding carboxylic acids is 1. The highest BCUT2D eigenvalue weighted by Crippen LogP contribution is 2.47. The van der Waals surface area contributed by atoms with E-state index in [-0.39, 0.29) is 18.0 Å². The van der Waals surface area contributed by atoms with E-state index < -0.39 is 37.0 Å². The molecule has 0 saturated carbocycles. The second-order valence-corrected chi connectivity index (χ2v) is 14.8. The van der Waals surface area contributed by atoms with Gasteiger partial charge in [-0.3, -0.25) is 4.90 Å². The van der Waals surface area contributed by atoms with Crippen molar-refractivity contribution in [1.82, 2.24) is 4.90 Å². The highest BCUT2D eigenvalue weighted by Gasteiger charge is 2.60. The second-order valence-electron chi connectivity index (χ2n) is 9.07. The van der Waals surface area contributed by atoms with E-state index in [9.17, 15) is 19.8 Å². The summed E-state index contributed by atoms with van der Waals surface area (Å²) in [4.78, 5) is 25.2. The van der Waals surface area contributed by atoms with Crippen LogP contribution in [-0.2, 0) is 9.53 Å². The lowest BCUT2D eigenvalue weighted by Crippen LogP contribution is -2.61. The number of amides is 1. The van der Waals surface area contributed by atoms with Crippen molar-refractivity contribution >= 4 is 20.1 Å². The molecule has 1 fully saturated rings. The number of carboxylic acid groups (broad SMARTS) is 1. The minimum absolute atomic E-state index is 0.00930. The Labute approximate surface area is 139 Å². The Morgan fingerprint density at radius 1 is 1.17 bits per heavy atom. The van der Waals surface area contributed by atoms with E-state index in [1.165, 1.54) is 4.90 Å². The van der Waals surface area contributed by atoms with Gasteiger partial charge in [0.15, 0.2) is 0 Å². The lowest BCUT2D eigenvalue weighted by atomic mass is 10.2. The number of β-amino-alcohol motifs (C(OH)–C–C–N with tert-alkyl or cyclic N) is 1. The minimum atomic E-state index is -2.29. The number of carboxylic acids is 1. The smallest absolute Gasteiger partial charge is 0.411 e. The van der Waals surface area contributed by atoms with Crippen LogP contribution in [0.3, 0.4) is 0 Å². The molecule has 23 heavy (non-hydrogen) atoms. The maximum Gasteiger partial charge on any atom is 0.411 e. The van der Waals surface area contributed by atoms with Gasteiger partial charge in [-0.25, -0.2) is 9.59 Å². The number of aliphatic hydroxyl groups is 1. The fourth-order valence-electron chi connectivity index (χ4n) is 2.77. The van der Waals surface area contributed by atoms with Gasteiger partial charge in [0.25, 0.3) is 0 Å². The van der Waals surface area contributed by atoms with Crippen LogP contribution in [0.15, 0.2) is 0 Å². The standard InChI is InChI=1S/C16H31NO5Si/c1-14(2,3)22-13(20)17-10-16(21,9-11(17)12(18)19)23(7,8)15(4,5)6/h11,21H,9-10H2,1-8H3,(H,18,19)/t11-,16-/m0/s1. The predicted molar refractivity (Wildman–Crippen MR) is 91.1 cm³/mol. The number of aliphatic carboxylic acids is 1. The topological polar surface area (TPSA) is 87.1 Å². The average Bonchev–Trinajstić information content (AvgIpc) is 2.65. The molecular weight excluding hydrogens is 314 g/mol. The zero-order valence-electron chi connectivity index (χ0n) is 15.6. The molecule has 7 heteroatoms. The fourth-order valence-corrected chi connectivity index (χ4v) is 5.44. The first-order chi connectivity index (χ1) is 10.0. The van der Waals surface area contributed by atoms with E-state index in [1.54, 1.807) is 20.8 Å². The zero-order valence-corrected chi connectivity index (χ0v) is 16.6. The zero-order chi connectivity index (χ0) is 18.4. The SMILES string of the molecule is CC(C)(C)OC(=O)N1C[C@@](O)([Si](C)(C)C(C)(C)C)C[C@H]1C(=O)O. The summed E-state index contributed by atoms with van der Waals surface area (Å²) in [5.74, 6) is -1.11. The molecule has 134 valence electrons. The predicted octanol–water partition coefficient (Wildman–Crippen LogP) is 2.86. The highest BCUT2D eigenvalue weighted by molar-refractivity contribution is 6.83. The molecule has 1 saturated heterocycles. The van der Waals surface area contributed by atoms with Crippen molar-refractivity contribution in [2.75, 3.05) is 6.54 Å². The summed E-state index contributed by atoms with van der Waals surface area (Å²) in [6.07, 6.45) is -0.627. The monoisotopic (exact) mass is 345 g/mol. The maximum absolute atomic E-state index is 12.4. The summed E-state index contributed by atoms with van der Waals surface area (Å²) in [5.41, 5.74) is -0.711. The molecule has 1 aliphatic rings. The number of hydrogen-bond donors (Lipinski definition) is 2. The van der Waals surface area contributed by atoms with Crippen molar-refractivity contribution in [3.8, 4) is 0 Å². The van der Waals surface area contributed by atoms with Crippen LogP contribution in [0.5, 0.6) is 0 Å². The molecule has 0 radical (unpaired) electrons. The van der Waals surface area contributed by atoms with Crippen molar-refractivity contribution in [3.05, 3.63) is 0 Å². The second kappa shape index (κ2) is 5.77. The molecule has 6 nitrogen and oxygen atoms in total. The number of rotatable bonds is 2. The molecule has 0 aromatic rings. The molecule has 2 N–H and O–H groups in total. The Bertz CT molecular complexity index is 492. The summed E-state index contributed by atoms with van der Waals surface area (Å²) in [7, 11) is -2.29. The van der Waals surface area contributed by atoms with E-state index >= 15 is 0 Å². The van der Waals surface area contributed by atoms with Gasteiger partial charge >= 0.3 is 12.1 Å². The highest BCUT2D eigenvalue weighted by atomic mass is 28.3. The lowest BCUT2D eigenvalue weighted by molar-refractivity contribution is -0.142. The Balaban J connectivity index is 3.16. The molecule has 0 aromatic carbocycles. The Hall–Kier alpha value is -1.08. The number of ether oxygens (including phenoxy) is 1. The maximum atomic E-state index is 12.4. The van der Waals surface area contributed by atoms with Crippen molar-refractivity contribution in [1.29, 1.82) is 0 Å².